The highest BCUT2D eigenvalue weighted by molar-refractivity contribution is 5.94. The van der Waals surface area contributed by atoms with E-state index < -0.39 is 0 Å². The summed E-state index contributed by atoms with van der Waals surface area (Å²) < 4.78 is 0. The highest BCUT2D eigenvalue weighted by Gasteiger charge is 2.17. The molecule has 1 amide bonds. The zero-order chi connectivity index (χ0) is 15.9. The second kappa shape index (κ2) is 8.13. The summed E-state index contributed by atoms with van der Waals surface area (Å²) in [6, 6.07) is 3.83. The molecule has 1 aromatic rings. The van der Waals surface area contributed by atoms with Crippen LogP contribution in [0.15, 0.2) is 18.3 Å². The molecule has 5 nitrogen and oxygen atoms in total. The van der Waals surface area contributed by atoms with Crippen molar-refractivity contribution in [2.45, 2.75) is 45.6 Å². The van der Waals surface area contributed by atoms with Gasteiger partial charge in [0.2, 0.25) is 0 Å². The van der Waals surface area contributed by atoms with Gasteiger partial charge in [0.15, 0.2) is 0 Å². The summed E-state index contributed by atoms with van der Waals surface area (Å²) in [5, 5.41) is 11.7. The van der Waals surface area contributed by atoms with E-state index in [1.54, 1.807) is 6.20 Å². The average Bonchev–Trinajstić information content (AvgIpc) is 2.54. The Hall–Kier alpha value is -1.62. The Bertz CT molecular complexity index is 467. The first kappa shape index (κ1) is 16.7. The fourth-order valence-corrected chi connectivity index (χ4v) is 2.72. The monoisotopic (exact) mass is 305 g/mol. The van der Waals surface area contributed by atoms with Crippen molar-refractivity contribution < 1.29 is 9.90 Å². The van der Waals surface area contributed by atoms with E-state index in [4.69, 9.17) is 5.11 Å². The fourth-order valence-electron chi connectivity index (χ4n) is 2.72. The van der Waals surface area contributed by atoms with Crippen LogP contribution in [0, 0.1) is 5.92 Å². The van der Waals surface area contributed by atoms with Crippen LogP contribution in [0.3, 0.4) is 0 Å². The molecule has 1 aliphatic rings. The summed E-state index contributed by atoms with van der Waals surface area (Å²) in [6.45, 7) is 6.47. The van der Waals surface area contributed by atoms with Crippen molar-refractivity contribution in [2.75, 3.05) is 24.6 Å². The number of hydrogen-bond donors (Lipinski definition) is 2. The lowest BCUT2D eigenvalue weighted by molar-refractivity contribution is 0.0936. The minimum Gasteiger partial charge on any atom is -0.396 e. The molecule has 1 atom stereocenters. The number of nitrogens with one attached hydrogen (secondary N) is 1. The van der Waals surface area contributed by atoms with Crippen LogP contribution in [0.25, 0.3) is 0 Å². The number of rotatable bonds is 6. The summed E-state index contributed by atoms with van der Waals surface area (Å²) in [7, 11) is 0. The normalized spacial score (nSPS) is 17.3. The SMILES string of the molecule is CC1CCN(c2ccc(C(=O)NC(C)CCCO)cn2)CC1. The number of nitrogens with zero attached hydrogens (tertiary/aromatic N) is 2. The van der Waals surface area contributed by atoms with Gasteiger partial charge in [0.25, 0.3) is 5.91 Å². The van der Waals surface area contributed by atoms with Gasteiger partial charge >= 0.3 is 0 Å². The molecular formula is C17H27N3O2. The summed E-state index contributed by atoms with van der Waals surface area (Å²) in [5.74, 6) is 1.65. The molecule has 122 valence electrons. The zero-order valence-electron chi connectivity index (χ0n) is 13.6. The Kier molecular flexibility index (Phi) is 6.19. The first-order valence-electron chi connectivity index (χ1n) is 8.23. The first-order valence-corrected chi connectivity index (χ1v) is 8.23. The number of aromatic nitrogens is 1. The van der Waals surface area contributed by atoms with E-state index in [0.717, 1.165) is 31.2 Å². The standard InChI is InChI=1S/C17H27N3O2/c1-13-7-9-20(10-8-13)16-6-5-15(12-18-16)17(22)19-14(2)4-3-11-21/h5-6,12-14,21H,3-4,7-11H2,1-2H3,(H,19,22). The second-order valence-corrected chi connectivity index (χ2v) is 6.31. The van der Waals surface area contributed by atoms with Crippen molar-refractivity contribution in [3.63, 3.8) is 0 Å². The highest BCUT2D eigenvalue weighted by Crippen LogP contribution is 2.21. The molecular weight excluding hydrogens is 278 g/mol. The number of aliphatic hydroxyl groups excluding tert-OH is 1. The summed E-state index contributed by atoms with van der Waals surface area (Å²) >= 11 is 0. The van der Waals surface area contributed by atoms with E-state index in [9.17, 15) is 4.79 Å². The van der Waals surface area contributed by atoms with Crippen LogP contribution in [-0.2, 0) is 0 Å². The third-order valence-electron chi connectivity index (χ3n) is 4.29. The number of aliphatic hydroxyl groups is 1. The molecule has 1 aromatic heterocycles. The van der Waals surface area contributed by atoms with E-state index in [1.807, 2.05) is 19.1 Å². The number of carbonyl (C=O) groups is 1. The van der Waals surface area contributed by atoms with Gasteiger partial charge in [-0.15, -0.1) is 0 Å². The molecule has 1 unspecified atom stereocenters. The van der Waals surface area contributed by atoms with Gasteiger partial charge in [0.1, 0.15) is 5.82 Å². The van der Waals surface area contributed by atoms with E-state index in [2.05, 4.69) is 22.1 Å². The molecule has 0 radical (unpaired) electrons. The highest BCUT2D eigenvalue weighted by atomic mass is 16.3. The summed E-state index contributed by atoms with van der Waals surface area (Å²) in [6.07, 6.45) is 5.53. The molecule has 0 spiro atoms. The number of piperidine rings is 1. The maximum absolute atomic E-state index is 12.1. The van der Waals surface area contributed by atoms with Crippen LogP contribution < -0.4 is 10.2 Å². The minimum absolute atomic E-state index is 0.0582. The molecule has 0 saturated carbocycles. The Morgan fingerprint density at radius 3 is 2.77 bits per heavy atom. The van der Waals surface area contributed by atoms with Crippen LogP contribution in [0.2, 0.25) is 0 Å². The number of carbonyl (C=O) groups excluding carboxylic acids is 1. The van der Waals surface area contributed by atoms with Gasteiger partial charge < -0.3 is 15.3 Å². The average molecular weight is 305 g/mol. The van der Waals surface area contributed by atoms with Gasteiger partial charge in [-0.3, -0.25) is 4.79 Å². The quantitative estimate of drug-likeness (QED) is 0.846. The minimum atomic E-state index is -0.100. The van der Waals surface area contributed by atoms with Gasteiger partial charge in [-0.2, -0.15) is 0 Å². The maximum Gasteiger partial charge on any atom is 0.253 e. The molecule has 0 aliphatic carbocycles. The first-order chi connectivity index (χ1) is 10.6. The van der Waals surface area contributed by atoms with Crippen molar-refractivity contribution in [1.29, 1.82) is 0 Å². The molecule has 1 aliphatic heterocycles. The molecule has 2 N–H and O–H groups in total. The van der Waals surface area contributed by atoms with Crippen LogP contribution in [0.4, 0.5) is 5.82 Å². The summed E-state index contributed by atoms with van der Waals surface area (Å²) in [4.78, 5) is 18.8. The van der Waals surface area contributed by atoms with Crippen molar-refractivity contribution in [3.8, 4) is 0 Å². The van der Waals surface area contributed by atoms with E-state index in [0.29, 0.717) is 12.0 Å². The summed E-state index contributed by atoms with van der Waals surface area (Å²) in [5.41, 5.74) is 0.588. The Balaban J connectivity index is 1.89. The van der Waals surface area contributed by atoms with Crippen molar-refractivity contribution >= 4 is 11.7 Å². The lowest BCUT2D eigenvalue weighted by atomic mass is 9.99. The molecule has 22 heavy (non-hydrogen) atoms. The van der Waals surface area contributed by atoms with Gasteiger partial charge in [0, 0.05) is 31.9 Å². The molecule has 2 rings (SSSR count). The molecule has 1 saturated heterocycles. The van der Waals surface area contributed by atoms with Gasteiger partial charge in [-0.05, 0) is 50.7 Å². The van der Waals surface area contributed by atoms with Crippen LogP contribution in [0.5, 0.6) is 0 Å². The van der Waals surface area contributed by atoms with Gasteiger partial charge in [-0.25, -0.2) is 4.98 Å². The predicted octanol–water partition coefficient (Wildman–Crippen LogP) is 2.21. The van der Waals surface area contributed by atoms with Crippen LogP contribution in [0.1, 0.15) is 49.9 Å². The van der Waals surface area contributed by atoms with Gasteiger partial charge in [0.05, 0.1) is 5.56 Å². The molecule has 5 heteroatoms. The maximum atomic E-state index is 12.1. The zero-order valence-corrected chi connectivity index (χ0v) is 13.6. The van der Waals surface area contributed by atoms with E-state index in [1.165, 1.54) is 12.8 Å². The van der Waals surface area contributed by atoms with Crippen LogP contribution in [-0.4, -0.2) is 41.7 Å². The van der Waals surface area contributed by atoms with Crippen molar-refractivity contribution in [3.05, 3.63) is 23.9 Å². The molecule has 0 aromatic carbocycles. The third-order valence-corrected chi connectivity index (χ3v) is 4.29. The largest absolute Gasteiger partial charge is 0.396 e. The van der Waals surface area contributed by atoms with Crippen LogP contribution >= 0.6 is 0 Å². The number of pyridine rings is 1. The van der Waals surface area contributed by atoms with Crippen molar-refractivity contribution in [2.24, 2.45) is 5.92 Å². The predicted molar refractivity (Wildman–Crippen MR) is 88.1 cm³/mol. The Labute approximate surface area is 132 Å². The van der Waals surface area contributed by atoms with Crippen molar-refractivity contribution in [1.82, 2.24) is 10.3 Å². The Morgan fingerprint density at radius 1 is 1.45 bits per heavy atom. The van der Waals surface area contributed by atoms with E-state index in [-0.39, 0.29) is 18.6 Å². The second-order valence-electron chi connectivity index (χ2n) is 6.31. The van der Waals surface area contributed by atoms with Gasteiger partial charge in [-0.1, -0.05) is 6.92 Å². The third kappa shape index (κ3) is 4.70. The molecule has 2 heterocycles. The smallest absolute Gasteiger partial charge is 0.253 e. The number of amides is 1. The number of anilines is 1. The molecule has 0 bridgehead atoms. The number of hydrogen-bond acceptors (Lipinski definition) is 4. The lowest BCUT2D eigenvalue weighted by Crippen LogP contribution is -2.34. The van der Waals surface area contributed by atoms with E-state index >= 15 is 0 Å². The lowest BCUT2D eigenvalue weighted by Gasteiger charge is -2.31. The Morgan fingerprint density at radius 2 is 2.18 bits per heavy atom. The fraction of sp³-hybridized carbons (Fsp3) is 0.647. The molecule has 1 fully saturated rings. The topological polar surface area (TPSA) is 65.5 Å².